The lowest BCUT2D eigenvalue weighted by Gasteiger charge is -2.08. The first kappa shape index (κ1) is 15.5. The molecule has 1 aliphatic rings. The van der Waals surface area contributed by atoms with Crippen molar-refractivity contribution >= 4 is 46.6 Å². The summed E-state index contributed by atoms with van der Waals surface area (Å²) in [5.41, 5.74) is 1.14. The molecule has 3 rings (SSSR count). The molecule has 2 aromatic rings. The molecule has 0 aliphatic heterocycles. The third-order valence-electron chi connectivity index (χ3n) is 3.31. The second kappa shape index (κ2) is 6.80. The molecule has 2 aromatic carbocycles. The van der Waals surface area contributed by atoms with Crippen molar-refractivity contribution in [2.24, 2.45) is 0 Å². The van der Waals surface area contributed by atoms with Crippen molar-refractivity contribution in [1.29, 1.82) is 0 Å². The Labute approximate surface area is 144 Å². The average Bonchev–Trinajstić information content (AvgIpc) is 3.26. The van der Waals surface area contributed by atoms with E-state index >= 15 is 0 Å². The molecule has 0 amide bonds. The van der Waals surface area contributed by atoms with Gasteiger partial charge in [0.1, 0.15) is 0 Å². The van der Waals surface area contributed by atoms with E-state index < -0.39 is 0 Å². The summed E-state index contributed by atoms with van der Waals surface area (Å²) in [4.78, 5) is 2.14. The normalized spacial score (nSPS) is 14.4. The summed E-state index contributed by atoms with van der Waals surface area (Å²) < 4.78 is 0. The summed E-state index contributed by atoms with van der Waals surface area (Å²) in [5, 5.41) is 5.41. The summed E-state index contributed by atoms with van der Waals surface area (Å²) in [7, 11) is 0. The highest BCUT2D eigenvalue weighted by molar-refractivity contribution is 7.99. The van der Waals surface area contributed by atoms with Crippen molar-refractivity contribution < 1.29 is 0 Å². The van der Waals surface area contributed by atoms with Gasteiger partial charge in [0.2, 0.25) is 0 Å². The molecule has 0 bridgehead atoms. The van der Waals surface area contributed by atoms with Gasteiger partial charge in [-0.15, -0.1) is 0 Å². The first-order chi connectivity index (χ1) is 10.1. The molecule has 1 saturated carbocycles. The van der Waals surface area contributed by atoms with E-state index in [4.69, 9.17) is 34.8 Å². The van der Waals surface area contributed by atoms with Gasteiger partial charge in [0, 0.05) is 27.4 Å². The quantitative estimate of drug-likeness (QED) is 0.698. The summed E-state index contributed by atoms with van der Waals surface area (Å²) in [6.45, 7) is 0.835. The van der Waals surface area contributed by atoms with Gasteiger partial charge < -0.3 is 5.32 Å². The molecule has 1 fully saturated rings. The Morgan fingerprint density at radius 1 is 0.905 bits per heavy atom. The van der Waals surface area contributed by atoms with Crippen LogP contribution < -0.4 is 5.32 Å². The van der Waals surface area contributed by atoms with Crippen LogP contribution in [-0.4, -0.2) is 6.04 Å². The Kier molecular flexibility index (Phi) is 5.03. The van der Waals surface area contributed by atoms with Gasteiger partial charge in [-0.05, 0) is 48.7 Å². The predicted molar refractivity (Wildman–Crippen MR) is 91.9 cm³/mol. The van der Waals surface area contributed by atoms with Crippen LogP contribution >= 0.6 is 46.6 Å². The predicted octanol–water partition coefficient (Wildman–Crippen LogP) is 6.05. The maximum absolute atomic E-state index is 6.36. The van der Waals surface area contributed by atoms with Gasteiger partial charge in [0.15, 0.2) is 0 Å². The van der Waals surface area contributed by atoms with E-state index in [1.807, 2.05) is 24.3 Å². The minimum atomic E-state index is 0.568. The van der Waals surface area contributed by atoms with Crippen LogP contribution in [0.5, 0.6) is 0 Å². The molecule has 5 heteroatoms. The fourth-order valence-electron chi connectivity index (χ4n) is 1.95. The van der Waals surface area contributed by atoms with Crippen molar-refractivity contribution in [1.82, 2.24) is 5.32 Å². The first-order valence-corrected chi connectivity index (χ1v) is 8.71. The van der Waals surface area contributed by atoms with Crippen molar-refractivity contribution in [3.05, 3.63) is 57.0 Å². The molecule has 1 aliphatic carbocycles. The highest BCUT2D eigenvalue weighted by Crippen LogP contribution is 2.34. The van der Waals surface area contributed by atoms with Gasteiger partial charge in [-0.3, -0.25) is 0 Å². The topological polar surface area (TPSA) is 12.0 Å². The Bertz CT molecular complexity index is 656. The molecule has 21 heavy (non-hydrogen) atoms. The summed E-state index contributed by atoms with van der Waals surface area (Å²) in [6.07, 6.45) is 2.56. The van der Waals surface area contributed by atoms with Crippen LogP contribution in [0.25, 0.3) is 0 Å². The van der Waals surface area contributed by atoms with E-state index in [-0.39, 0.29) is 0 Å². The van der Waals surface area contributed by atoms with Crippen LogP contribution in [0.3, 0.4) is 0 Å². The summed E-state index contributed by atoms with van der Waals surface area (Å²) in [6, 6.07) is 12.5. The smallest absolute Gasteiger partial charge is 0.0603 e. The van der Waals surface area contributed by atoms with Crippen molar-refractivity contribution in [2.75, 3.05) is 0 Å². The lowest BCUT2D eigenvalue weighted by atomic mass is 10.2. The molecular formula is C16H14Cl3NS. The minimum Gasteiger partial charge on any atom is -0.310 e. The fourth-order valence-corrected chi connectivity index (χ4v) is 3.53. The third-order valence-corrected chi connectivity index (χ3v) is 5.38. The number of rotatable bonds is 5. The Hall–Kier alpha value is -0.380. The van der Waals surface area contributed by atoms with E-state index in [0.29, 0.717) is 16.1 Å². The molecule has 1 N–H and O–H groups in total. The van der Waals surface area contributed by atoms with E-state index in [0.717, 1.165) is 26.9 Å². The SMILES string of the molecule is Clc1ccc(Sc2ccc(CNC3CC3)c(Cl)c2)cc1Cl. The molecule has 0 atom stereocenters. The van der Waals surface area contributed by atoms with Crippen LogP contribution in [0, 0.1) is 0 Å². The van der Waals surface area contributed by atoms with Crippen molar-refractivity contribution in [2.45, 2.75) is 35.2 Å². The van der Waals surface area contributed by atoms with Crippen LogP contribution in [-0.2, 0) is 6.54 Å². The zero-order chi connectivity index (χ0) is 14.8. The monoisotopic (exact) mass is 357 g/mol. The molecule has 0 aromatic heterocycles. The molecule has 0 unspecified atom stereocenters. The van der Waals surface area contributed by atoms with E-state index in [1.165, 1.54) is 12.8 Å². The van der Waals surface area contributed by atoms with Crippen LogP contribution in [0.2, 0.25) is 15.1 Å². The molecule has 0 radical (unpaired) electrons. The largest absolute Gasteiger partial charge is 0.310 e. The fraction of sp³-hybridized carbons (Fsp3) is 0.250. The second-order valence-corrected chi connectivity index (χ2v) is 7.45. The van der Waals surface area contributed by atoms with Gasteiger partial charge >= 0.3 is 0 Å². The van der Waals surface area contributed by atoms with Crippen LogP contribution in [0.15, 0.2) is 46.2 Å². The van der Waals surface area contributed by atoms with E-state index in [9.17, 15) is 0 Å². The van der Waals surface area contributed by atoms with E-state index in [1.54, 1.807) is 11.8 Å². The lowest BCUT2D eigenvalue weighted by molar-refractivity contribution is 0.687. The van der Waals surface area contributed by atoms with Gasteiger partial charge in [0.05, 0.1) is 10.0 Å². The van der Waals surface area contributed by atoms with Gasteiger partial charge in [-0.1, -0.05) is 52.6 Å². The maximum atomic E-state index is 6.36. The minimum absolute atomic E-state index is 0.568. The van der Waals surface area contributed by atoms with Gasteiger partial charge in [0.25, 0.3) is 0 Å². The first-order valence-electron chi connectivity index (χ1n) is 6.76. The zero-order valence-electron chi connectivity index (χ0n) is 11.2. The van der Waals surface area contributed by atoms with Gasteiger partial charge in [-0.2, -0.15) is 0 Å². The van der Waals surface area contributed by atoms with Crippen LogP contribution in [0.4, 0.5) is 0 Å². The third kappa shape index (κ3) is 4.30. The Morgan fingerprint density at radius 2 is 1.57 bits per heavy atom. The van der Waals surface area contributed by atoms with Crippen molar-refractivity contribution in [3.63, 3.8) is 0 Å². The second-order valence-electron chi connectivity index (χ2n) is 5.09. The lowest BCUT2D eigenvalue weighted by Crippen LogP contribution is -2.15. The summed E-state index contributed by atoms with van der Waals surface area (Å²) in [5.74, 6) is 0. The average molecular weight is 359 g/mol. The number of hydrogen-bond donors (Lipinski definition) is 1. The Balaban J connectivity index is 1.70. The standard InChI is InChI=1S/C16H14Cl3NS/c17-14-6-5-13(8-16(14)19)21-12-4-1-10(15(18)7-12)9-20-11-2-3-11/h1,4-8,11,20H,2-3,9H2. The van der Waals surface area contributed by atoms with Crippen molar-refractivity contribution in [3.8, 4) is 0 Å². The number of benzene rings is 2. The summed E-state index contributed by atoms with van der Waals surface area (Å²) >= 11 is 19.9. The molecule has 0 spiro atoms. The molecule has 110 valence electrons. The highest BCUT2D eigenvalue weighted by atomic mass is 35.5. The van der Waals surface area contributed by atoms with E-state index in [2.05, 4.69) is 17.4 Å². The number of hydrogen-bond acceptors (Lipinski definition) is 2. The highest BCUT2D eigenvalue weighted by Gasteiger charge is 2.20. The molecule has 0 saturated heterocycles. The Morgan fingerprint density at radius 3 is 2.19 bits per heavy atom. The zero-order valence-corrected chi connectivity index (χ0v) is 14.3. The van der Waals surface area contributed by atoms with Crippen LogP contribution in [0.1, 0.15) is 18.4 Å². The molecule has 1 nitrogen and oxygen atoms in total. The maximum Gasteiger partial charge on any atom is 0.0603 e. The number of halogens is 3. The molecular weight excluding hydrogens is 345 g/mol. The number of nitrogens with one attached hydrogen (secondary N) is 1. The molecule has 0 heterocycles. The van der Waals surface area contributed by atoms with Gasteiger partial charge in [-0.25, -0.2) is 0 Å².